The van der Waals surface area contributed by atoms with Gasteiger partial charge in [0, 0.05) is 0 Å². The lowest BCUT2D eigenvalue weighted by Gasteiger charge is -2.24. The number of esters is 1. The molecule has 1 aliphatic rings. The van der Waals surface area contributed by atoms with E-state index in [1.165, 1.54) is 11.3 Å². The number of nitrogens with zero attached hydrogens (tertiary/aromatic N) is 2. The van der Waals surface area contributed by atoms with E-state index < -0.39 is 12.0 Å². The van der Waals surface area contributed by atoms with Crippen molar-refractivity contribution in [1.29, 1.82) is 0 Å². The molecule has 0 saturated carbocycles. The number of hydrogen-bond acceptors (Lipinski definition) is 8. The Kier molecular flexibility index (Phi) is 8.35. The van der Waals surface area contributed by atoms with Crippen LogP contribution in [0.4, 0.5) is 0 Å². The Labute approximate surface area is 241 Å². The second-order valence-electron chi connectivity index (χ2n) is 9.26. The SMILES string of the molecule is CCOC(=O)C1=C(C)N=c2s/c(=C/c3ccc(OCc4ccccc4)c(OC)c3)c(=O)n2[C@@H]1c1ccc(OC)cc1. The molecule has 9 heteroatoms. The maximum atomic E-state index is 13.9. The highest BCUT2D eigenvalue weighted by atomic mass is 32.1. The lowest BCUT2D eigenvalue weighted by molar-refractivity contribution is -0.139. The number of carbonyl (C=O) groups is 1. The van der Waals surface area contributed by atoms with E-state index in [1.54, 1.807) is 50.8 Å². The molecule has 1 aliphatic heterocycles. The van der Waals surface area contributed by atoms with Crippen molar-refractivity contribution in [3.05, 3.63) is 120 Å². The Bertz CT molecular complexity index is 1770. The molecule has 5 rings (SSSR count). The van der Waals surface area contributed by atoms with Crippen molar-refractivity contribution in [1.82, 2.24) is 4.57 Å². The van der Waals surface area contributed by atoms with Crippen LogP contribution >= 0.6 is 11.3 Å². The molecule has 1 atom stereocenters. The van der Waals surface area contributed by atoms with E-state index in [0.717, 1.165) is 16.7 Å². The van der Waals surface area contributed by atoms with E-state index >= 15 is 0 Å². The highest BCUT2D eigenvalue weighted by Gasteiger charge is 2.33. The normalized spacial score (nSPS) is 14.7. The van der Waals surface area contributed by atoms with E-state index in [0.29, 0.717) is 44.5 Å². The number of thiazole rings is 1. The minimum absolute atomic E-state index is 0.211. The van der Waals surface area contributed by atoms with Gasteiger partial charge in [-0.05, 0) is 60.9 Å². The zero-order chi connectivity index (χ0) is 28.9. The van der Waals surface area contributed by atoms with Crippen LogP contribution in [0.1, 0.15) is 36.6 Å². The summed E-state index contributed by atoms with van der Waals surface area (Å²) in [5.74, 6) is 1.33. The molecule has 0 radical (unpaired) electrons. The summed E-state index contributed by atoms with van der Waals surface area (Å²) in [7, 11) is 3.17. The van der Waals surface area contributed by atoms with Gasteiger partial charge < -0.3 is 18.9 Å². The van der Waals surface area contributed by atoms with Crippen LogP contribution in [0.5, 0.6) is 17.2 Å². The van der Waals surface area contributed by atoms with Crippen LogP contribution < -0.4 is 29.1 Å². The number of rotatable bonds is 9. The van der Waals surface area contributed by atoms with Crippen molar-refractivity contribution in [3.63, 3.8) is 0 Å². The smallest absolute Gasteiger partial charge is 0.338 e. The number of ether oxygens (including phenoxy) is 4. The molecule has 0 N–H and O–H groups in total. The van der Waals surface area contributed by atoms with Gasteiger partial charge in [0.15, 0.2) is 16.3 Å². The monoisotopic (exact) mass is 570 g/mol. The zero-order valence-electron chi connectivity index (χ0n) is 23.2. The van der Waals surface area contributed by atoms with Gasteiger partial charge in [0.2, 0.25) is 0 Å². The zero-order valence-corrected chi connectivity index (χ0v) is 24.1. The maximum absolute atomic E-state index is 13.9. The standard InChI is InChI=1S/C32H30N2O6S/c1-5-39-31(36)28-20(2)33-32-34(29(28)23-12-14-24(37-3)15-13-23)30(35)27(41-32)18-22-11-16-25(26(17-22)38-4)40-19-21-9-7-6-8-10-21/h6-18,29H,5,19H2,1-4H3/b27-18+/t29-/m1/s1. The summed E-state index contributed by atoms with van der Waals surface area (Å²) in [6.07, 6.45) is 1.79. The van der Waals surface area contributed by atoms with Crippen molar-refractivity contribution >= 4 is 23.4 Å². The molecule has 3 aromatic carbocycles. The van der Waals surface area contributed by atoms with Gasteiger partial charge in [0.1, 0.15) is 12.4 Å². The fourth-order valence-electron chi connectivity index (χ4n) is 4.67. The first-order valence-corrected chi connectivity index (χ1v) is 13.9. The lowest BCUT2D eigenvalue weighted by Crippen LogP contribution is -2.39. The molecule has 210 valence electrons. The van der Waals surface area contributed by atoms with Gasteiger partial charge in [-0.3, -0.25) is 9.36 Å². The Morgan fingerprint density at radius 1 is 1.00 bits per heavy atom. The Morgan fingerprint density at radius 3 is 2.44 bits per heavy atom. The van der Waals surface area contributed by atoms with Crippen molar-refractivity contribution < 1.29 is 23.7 Å². The third kappa shape index (κ3) is 5.81. The average Bonchev–Trinajstić information content (AvgIpc) is 3.30. The first-order chi connectivity index (χ1) is 19.9. The predicted octanol–water partition coefficient (Wildman–Crippen LogP) is 4.39. The third-order valence-electron chi connectivity index (χ3n) is 6.67. The summed E-state index contributed by atoms with van der Waals surface area (Å²) in [4.78, 5) is 32.1. The second kappa shape index (κ2) is 12.3. The molecule has 0 amide bonds. The van der Waals surface area contributed by atoms with E-state index in [2.05, 4.69) is 4.99 Å². The van der Waals surface area contributed by atoms with Crippen LogP contribution in [-0.4, -0.2) is 31.4 Å². The van der Waals surface area contributed by atoms with Gasteiger partial charge >= 0.3 is 5.97 Å². The quantitative estimate of drug-likeness (QED) is 0.277. The summed E-state index contributed by atoms with van der Waals surface area (Å²) in [5.41, 5.74) is 3.14. The number of methoxy groups -OCH3 is 2. The third-order valence-corrected chi connectivity index (χ3v) is 7.65. The van der Waals surface area contributed by atoms with E-state index in [9.17, 15) is 9.59 Å². The summed E-state index contributed by atoms with van der Waals surface area (Å²) in [5, 5.41) is 0. The van der Waals surface area contributed by atoms with Gasteiger partial charge in [-0.1, -0.05) is 59.9 Å². The highest BCUT2D eigenvalue weighted by molar-refractivity contribution is 7.07. The summed E-state index contributed by atoms with van der Waals surface area (Å²) < 4.78 is 24.3. The van der Waals surface area contributed by atoms with Gasteiger partial charge in [-0.2, -0.15) is 0 Å². The average molecular weight is 571 g/mol. The van der Waals surface area contributed by atoms with Crippen molar-refractivity contribution in [2.45, 2.75) is 26.5 Å². The van der Waals surface area contributed by atoms with Crippen molar-refractivity contribution in [2.75, 3.05) is 20.8 Å². The molecular formula is C32H30N2O6S. The van der Waals surface area contributed by atoms with Gasteiger partial charge in [-0.25, -0.2) is 9.79 Å². The van der Waals surface area contributed by atoms with Crippen LogP contribution in [0.3, 0.4) is 0 Å². The van der Waals surface area contributed by atoms with Crippen molar-refractivity contribution in [2.24, 2.45) is 4.99 Å². The molecule has 0 saturated heterocycles. The molecule has 0 spiro atoms. The first kappa shape index (κ1) is 27.9. The number of hydrogen-bond donors (Lipinski definition) is 0. The first-order valence-electron chi connectivity index (χ1n) is 13.1. The molecule has 0 aliphatic carbocycles. The number of fused-ring (bicyclic) bond motifs is 1. The Balaban J connectivity index is 1.55. The van der Waals surface area contributed by atoms with Crippen LogP contribution in [0.25, 0.3) is 6.08 Å². The lowest BCUT2D eigenvalue weighted by atomic mass is 9.96. The van der Waals surface area contributed by atoms with Gasteiger partial charge in [0.25, 0.3) is 5.56 Å². The summed E-state index contributed by atoms with van der Waals surface area (Å²) in [6, 6.07) is 22.0. The van der Waals surface area contributed by atoms with Crippen LogP contribution in [0.2, 0.25) is 0 Å². The molecule has 1 aromatic heterocycles. The van der Waals surface area contributed by atoms with E-state index in [4.69, 9.17) is 18.9 Å². The van der Waals surface area contributed by atoms with Crippen molar-refractivity contribution in [3.8, 4) is 17.2 Å². The molecule has 0 fully saturated rings. The largest absolute Gasteiger partial charge is 0.497 e. The summed E-state index contributed by atoms with van der Waals surface area (Å²) >= 11 is 1.26. The fourth-order valence-corrected chi connectivity index (χ4v) is 5.72. The molecule has 41 heavy (non-hydrogen) atoms. The van der Waals surface area contributed by atoms with E-state index in [-0.39, 0.29) is 12.2 Å². The number of allylic oxidation sites excluding steroid dienone is 1. The summed E-state index contributed by atoms with van der Waals surface area (Å²) in [6.45, 7) is 4.13. The van der Waals surface area contributed by atoms with E-state index in [1.807, 2.05) is 60.7 Å². The highest BCUT2D eigenvalue weighted by Crippen LogP contribution is 2.32. The molecule has 8 nitrogen and oxygen atoms in total. The number of carbonyl (C=O) groups excluding carboxylic acids is 1. The Morgan fingerprint density at radius 2 is 1.76 bits per heavy atom. The molecule has 0 unspecified atom stereocenters. The number of benzene rings is 3. The number of aromatic nitrogens is 1. The predicted molar refractivity (Wildman–Crippen MR) is 157 cm³/mol. The second-order valence-corrected chi connectivity index (χ2v) is 10.3. The van der Waals surface area contributed by atoms with Crippen LogP contribution in [-0.2, 0) is 16.1 Å². The molecule has 4 aromatic rings. The van der Waals surface area contributed by atoms with Gasteiger partial charge in [0.05, 0.1) is 42.7 Å². The van der Waals surface area contributed by atoms with Crippen LogP contribution in [0, 0.1) is 0 Å². The topological polar surface area (TPSA) is 88.4 Å². The minimum atomic E-state index is -0.693. The Hall–Kier alpha value is -4.63. The molecule has 2 heterocycles. The fraction of sp³-hybridized carbons (Fsp3) is 0.219. The van der Waals surface area contributed by atoms with Crippen LogP contribution in [0.15, 0.2) is 93.9 Å². The molecular weight excluding hydrogens is 540 g/mol. The van der Waals surface area contributed by atoms with Gasteiger partial charge in [-0.15, -0.1) is 0 Å². The molecule has 0 bridgehead atoms. The maximum Gasteiger partial charge on any atom is 0.338 e. The minimum Gasteiger partial charge on any atom is -0.497 e.